The Labute approximate surface area is 151 Å². The van der Waals surface area contributed by atoms with Gasteiger partial charge in [0.05, 0.1) is 12.3 Å². The molecule has 3 aromatic rings. The Hall–Kier alpha value is -2.85. The van der Waals surface area contributed by atoms with E-state index in [-0.39, 0.29) is 18.0 Å². The van der Waals surface area contributed by atoms with E-state index in [4.69, 9.17) is 22.1 Å². The highest BCUT2D eigenvalue weighted by Gasteiger charge is 2.20. The molecule has 0 aliphatic carbocycles. The van der Waals surface area contributed by atoms with Gasteiger partial charge in [-0.3, -0.25) is 0 Å². The highest BCUT2D eigenvalue weighted by molar-refractivity contribution is 6.30. The normalized spacial score (nSPS) is 10.5. The molecule has 3 rings (SSSR count). The molecule has 2 N–H and O–H groups in total. The molecule has 0 aliphatic heterocycles. The van der Waals surface area contributed by atoms with Gasteiger partial charge in [0, 0.05) is 16.1 Å². The van der Waals surface area contributed by atoms with Gasteiger partial charge in [-0.1, -0.05) is 54.1 Å². The topological polar surface area (TPSA) is 65.2 Å². The van der Waals surface area contributed by atoms with Crippen molar-refractivity contribution in [2.75, 3.05) is 12.3 Å². The third-order valence-corrected chi connectivity index (χ3v) is 4.00. The van der Waals surface area contributed by atoms with Crippen LogP contribution in [0.25, 0.3) is 22.4 Å². The number of carbonyl (C=O) groups excluding carboxylic acids is 1. The fourth-order valence-corrected chi connectivity index (χ4v) is 2.72. The maximum atomic E-state index is 12.4. The Balaban J connectivity index is 2.21. The van der Waals surface area contributed by atoms with Crippen LogP contribution in [0.5, 0.6) is 0 Å². The molecule has 1 aromatic heterocycles. The lowest BCUT2D eigenvalue weighted by Gasteiger charge is -2.14. The zero-order valence-electron chi connectivity index (χ0n) is 13.7. The molecule has 5 heteroatoms. The average molecular weight is 353 g/mol. The van der Waals surface area contributed by atoms with Gasteiger partial charge < -0.3 is 10.5 Å². The first kappa shape index (κ1) is 17.0. The first-order valence-corrected chi connectivity index (χ1v) is 8.27. The van der Waals surface area contributed by atoms with E-state index in [1.54, 1.807) is 19.1 Å². The molecule has 0 spiro atoms. The fraction of sp³-hybridized carbons (Fsp3) is 0.100. The van der Waals surface area contributed by atoms with E-state index in [0.717, 1.165) is 11.1 Å². The maximum absolute atomic E-state index is 12.4. The van der Waals surface area contributed by atoms with Crippen molar-refractivity contribution >= 4 is 23.4 Å². The molecule has 1 heterocycles. The molecular weight excluding hydrogens is 336 g/mol. The molecule has 2 aromatic carbocycles. The largest absolute Gasteiger partial charge is 0.462 e. The van der Waals surface area contributed by atoms with Gasteiger partial charge in [-0.2, -0.15) is 0 Å². The van der Waals surface area contributed by atoms with Crippen molar-refractivity contribution in [3.63, 3.8) is 0 Å². The SMILES string of the molecule is CCOC(=O)c1c(-c2ccc(Cl)cc2)cc(-c2ccccc2)nc1N. The van der Waals surface area contributed by atoms with Crippen molar-refractivity contribution in [3.8, 4) is 22.4 Å². The van der Waals surface area contributed by atoms with Crippen LogP contribution >= 0.6 is 11.6 Å². The van der Waals surface area contributed by atoms with Gasteiger partial charge >= 0.3 is 5.97 Å². The minimum atomic E-state index is -0.489. The van der Waals surface area contributed by atoms with E-state index in [2.05, 4.69) is 4.98 Å². The Morgan fingerprint density at radius 1 is 1.08 bits per heavy atom. The number of hydrogen-bond donors (Lipinski definition) is 1. The van der Waals surface area contributed by atoms with Crippen LogP contribution in [0.2, 0.25) is 5.02 Å². The van der Waals surface area contributed by atoms with Crippen LogP contribution in [-0.2, 0) is 4.74 Å². The van der Waals surface area contributed by atoms with Crippen molar-refractivity contribution in [2.24, 2.45) is 0 Å². The minimum absolute atomic E-state index is 0.143. The Morgan fingerprint density at radius 3 is 2.40 bits per heavy atom. The lowest BCUT2D eigenvalue weighted by molar-refractivity contribution is 0.0528. The van der Waals surface area contributed by atoms with Gasteiger partial charge in [-0.05, 0) is 30.7 Å². The van der Waals surface area contributed by atoms with Gasteiger partial charge in [0.25, 0.3) is 0 Å². The molecule has 0 radical (unpaired) electrons. The van der Waals surface area contributed by atoms with E-state index in [1.165, 1.54) is 0 Å². The second kappa shape index (κ2) is 7.36. The number of halogens is 1. The number of aromatic nitrogens is 1. The van der Waals surface area contributed by atoms with Crippen molar-refractivity contribution < 1.29 is 9.53 Å². The summed E-state index contributed by atoms with van der Waals surface area (Å²) in [5, 5.41) is 0.617. The molecular formula is C20H17ClN2O2. The smallest absolute Gasteiger partial charge is 0.342 e. The number of rotatable bonds is 4. The molecule has 25 heavy (non-hydrogen) atoms. The number of nitrogens with two attached hydrogens (primary N) is 1. The zero-order valence-corrected chi connectivity index (χ0v) is 14.5. The molecule has 4 nitrogen and oxygen atoms in total. The molecule has 0 saturated carbocycles. The highest BCUT2D eigenvalue weighted by atomic mass is 35.5. The van der Waals surface area contributed by atoms with Crippen LogP contribution in [0.4, 0.5) is 5.82 Å². The lowest BCUT2D eigenvalue weighted by Crippen LogP contribution is -2.12. The molecule has 0 atom stereocenters. The van der Waals surface area contributed by atoms with Crippen LogP contribution in [-0.4, -0.2) is 17.6 Å². The van der Waals surface area contributed by atoms with Crippen LogP contribution < -0.4 is 5.73 Å². The van der Waals surface area contributed by atoms with Crippen LogP contribution in [0, 0.1) is 0 Å². The van der Waals surface area contributed by atoms with Gasteiger partial charge in [0.2, 0.25) is 0 Å². The number of esters is 1. The number of carbonyl (C=O) groups is 1. The summed E-state index contributed by atoms with van der Waals surface area (Å²) in [6.45, 7) is 2.01. The number of benzene rings is 2. The van der Waals surface area contributed by atoms with Crippen molar-refractivity contribution in [1.29, 1.82) is 0 Å². The first-order valence-electron chi connectivity index (χ1n) is 7.89. The molecule has 0 saturated heterocycles. The number of hydrogen-bond acceptors (Lipinski definition) is 4. The van der Waals surface area contributed by atoms with Gasteiger partial charge in [-0.25, -0.2) is 9.78 Å². The fourth-order valence-electron chi connectivity index (χ4n) is 2.60. The van der Waals surface area contributed by atoms with Gasteiger partial charge in [-0.15, -0.1) is 0 Å². The zero-order chi connectivity index (χ0) is 17.8. The summed E-state index contributed by atoms with van der Waals surface area (Å²) in [4.78, 5) is 16.8. The molecule has 0 fully saturated rings. The van der Waals surface area contributed by atoms with E-state index < -0.39 is 5.97 Å². The number of ether oxygens (including phenoxy) is 1. The summed E-state index contributed by atoms with van der Waals surface area (Å²) in [6, 6.07) is 18.7. The van der Waals surface area contributed by atoms with Gasteiger partial charge in [0.1, 0.15) is 11.4 Å². The van der Waals surface area contributed by atoms with Crippen LogP contribution in [0.1, 0.15) is 17.3 Å². The molecule has 0 aliphatic rings. The number of anilines is 1. The summed E-state index contributed by atoms with van der Waals surface area (Å²) in [5.41, 5.74) is 9.48. The monoisotopic (exact) mass is 352 g/mol. The van der Waals surface area contributed by atoms with E-state index in [1.807, 2.05) is 48.5 Å². The van der Waals surface area contributed by atoms with E-state index in [0.29, 0.717) is 16.3 Å². The average Bonchev–Trinajstić information content (AvgIpc) is 2.62. The number of nitrogens with zero attached hydrogens (tertiary/aromatic N) is 1. The molecule has 0 amide bonds. The standard InChI is InChI=1S/C20H17ClN2O2/c1-2-25-20(24)18-16(13-8-10-15(21)11-9-13)12-17(23-19(18)22)14-6-4-3-5-7-14/h3-12H,2H2,1H3,(H2,22,23). The van der Waals surface area contributed by atoms with Crippen molar-refractivity contribution in [1.82, 2.24) is 4.98 Å². The second-order valence-electron chi connectivity index (χ2n) is 5.41. The summed E-state index contributed by atoms with van der Waals surface area (Å²) >= 11 is 5.98. The third-order valence-electron chi connectivity index (χ3n) is 3.75. The Bertz CT molecular complexity index is 894. The Morgan fingerprint density at radius 2 is 1.76 bits per heavy atom. The highest BCUT2D eigenvalue weighted by Crippen LogP contribution is 2.32. The quantitative estimate of drug-likeness (QED) is 0.683. The third kappa shape index (κ3) is 3.64. The predicted octanol–water partition coefficient (Wildman–Crippen LogP) is 4.83. The Kier molecular flexibility index (Phi) is 5.00. The van der Waals surface area contributed by atoms with Crippen molar-refractivity contribution in [2.45, 2.75) is 6.92 Å². The molecule has 0 unspecified atom stereocenters. The summed E-state index contributed by atoms with van der Waals surface area (Å²) in [5.74, 6) is -0.346. The second-order valence-corrected chi connectivity index (χ2v) is 5.85. The molecule has 126 valence electrons. The first-order chi connectivity index (χ1) is 12.1. The minimum Gasteiger partial charge on any atom is -0.462 e. The van der Waals surface area contributed by atoms with Crippen LogP contribution in [0.15, 0.2) is 60.7 Å². The van der Waals surface area contributed by atoms with Gasteiger partial charge in [0.15, 0.2) is 0 Å². The van der Waals surface area contributed by atoms with E-state index in [9.17, 15) is 4.79 Å². The summed E-state index contributed by atoms with van der Waals surface area (Å²) < 4.78 is 5.16. The summed E-state index contributed by atoms with van der Waals surface area (Å²) in [6.07, 6.45) is 0. The maximum Gasteiger partial charge on any atom is 0.342 e. The number of nitrogen functional groups attached to an aromatic ring is 1. The van der Waals surface area contributed by atoms with Crippen molar-refractivity contribution in [3.05, 3.63) is 71.2 Å². The molecule has 0 bridgehead atoms. The summed E-state index contributed by atoms with van der Waals surface area (Å²) in [7, 11) is 0. The van der Waals surface area contributed by atoms with E-state index >= 15 is 0 Å². The van der Waals surface area contributed by atoms with Crippen LogP contribution in [0.3, 0.4) is 0 Å². The lowest BCUT2D eigenvalue weighted by atomic mass is 9.98. The number of pyridine rings is 1. The predicted molar refractivity (Wildman–Crippen MR) is 100 cm³/mol.